The van der Waals surface area contributed by atoms with Gasteiger partial charge in [0.1, 0.15) is 5.60 Å². The van der Waals surface area contributed by atoms with E-state index in [2.05, 4.69) is 20.6 Å². The number of ether oxygens (including phenoxy) is 1. The topological polar surface area (TPSA) is 110 Å². The van der Waals surface area contributed by atoms with Crippen LogP contribution in [0.5, 0.6) is 0 Å². The van der Waals surface area contributed by atoms with Gasteiger partial charge in [-0.15, -0.1) is 0 Å². The largest absolute Gasteiger partial charge is 0.458 e. The van der Waals surface area contributed by atoms with E-state index in [1.807, 2.05) is 30.3 Å². The Morgan fingerprint density at radius 3 is 2.62 bits per heavy atom. The summed E-state index contributed by atoms with van der Waals surface area (Å²) in [7, 11) is 1.56. The zero-order chi connectivity index (χ0) is 22.6. The third-order valence-corrected chi connectivity index (χ3v) is 6.37. The Balaban J connectivity index is 1.47. The zero-order valence-electron chi connectivity index (χ0n) is 18.2. The molecule has 2 N–H and O–H groups in total. The van der Waals surface area contributed by atoms with Crippen molar-refractivity contribution in [3.05, 3.63) is 47.8 Å². The molecule has 0 unspecified atom stereocenters. The predicted octanol–water partition coefficient (Wildman–Crippen LogP) is 2.43. The molecule has 2 aromatic rings. The van der Waals surface area contributed by atoms with E-state index < -0.39 is 11.5 Å². The van der Waals surface area contributed by atoms with Crippen molar-refractivity contribution in [1.29, 1.82) is 0 Å². The van der Waals surface area contributed by atoms with Crippen molar-refractivity contribution in [3.8, 4) is 11.4 Å². The van der Waals surface area contributed by atoms with Gasteiger partial charge in [0, 0.05) is 31.8 Å². The van der Waals surface area contributed by atoms with Gasteiger partial charge in [-0.3, -0.25) is 14.4 Å². The molecule has 1 spiro atoms. The molecular weight excluding hydrogens is 408 g/mol. The summed E-state index contributed by atoms with van der Waals surface area (Å²) in [5, 5.41) is 5.55. The fourth-order valence-electron chi connectivity index (χ4n) is 4.71. The highest BCUT2D eigenvalue weighted by Gasteiger charge is 2.52. The SMILES string of the molecule is CNC(=O)c1cnc(-c2ccccc2)nc1CCNC(=O)[C@@H]1CC(=O)OC12CCCCC2. The van der Waals surface area contributed by atoms with Gasteiger partial charge in [-0.25, -0.2) is 9.97 Å². The average molecular weight is 437 g/mol. The second kappa shape index (κ2) is 9.46. The third kappa shape index (κ3) is 4.49. The van der Waals surface area contributed by atoms with Crippen LogP contribution in [0.4, 0.5) is 0 Å². The van der Waals surface area contributed by atoms with Crippen LogP contribution >= 0.6 is 0 Å². The molecule has 1 aromatic heterocycles. The Morgan fingerprint density at radius 1 is 1.16 bits per heavy atom. The molecule has 1 aromatic carbocycles. The minimum atomic E-state index is -0.651. The lowest BCUT2D eigenvalue weighted by atomic mass is 9.75. The van der Waals surface area contributed by atoms with Crippen molar-refractivity contribution in [3.63, 3.8) is 0 Å². The highest BCUT2D eigenvalue weighted by molar-refractivity contribution is 5.95. The highest BCUT2D eigenvalue weighted by atomic mass is 16.6. The maximum atomic E-state index is 13.0. The Bertz CT molecular complexity index is 1000. The summed E-state index contributed by atoms with van der Waals surface area (Å²) in [5.41, 5.74) is 1.14. The van der Waals surface area contributed by atoms with Gasteiger partial charge in [0.15, 0.2) is 5.82 Å². The number of benzene rings is 1. The summed E-state index contributed by atoms with van der Waals surface area (Å²) in [6, 6.07) is 9.52. The Morgan fingerprint density at radius 2 is 1.91 bits per heavy atom. The summed E-state index contributed by atoms with van der Waals surface area (Å²) in [6.07, 6.45) is 6.53. The van der Waals surface area contributed by atoms with Gasteiger partial charge in [-0.1, -0.05) is 36.8 Å². The van der Waals surface area contributed by atoms with Gasteiger partial charge >= 0.3 is 5.97 Å². The Hall–Kier alpha value is -3.29. The van der Waals surface area contributed by atoms with Crippen LogP contribution in [0.25, 0.3) is 11.4 Å². The first-order valence-electron chi connectivity index (χ1n) is 11.2. The van der Waals surface area contributed by atoms with Crippen molar-refractivity contribution in [2.45, 2.75) is 50.5 Å². The van der Waals surface area contributed by atoms with Crippen LogP contribution in [0.1, 0.15) is 54.6 Å². The fourth-order valence-corrected chi connectivity index (χ4v) is 4.71. The number of nitrogens with one attached hydrogen (secondary N) is 2. The van der Waals surface area contributed by atoms with Gasteiger partial charge in [-0.05, 0) is 25.7 Å². The normalized spacial score (nSPS) is 19.4. The minimum Gasteiger partial charge on any atom is -0.458 e. The van der Waals surface area contributed by atoms with Crippen LogP contribution in [0.2, 0.25) is 0 Å². The number of rotatable bonds is 6. The van der Waals surface area contributed by atoms with Crippen molar-refractivity contribution < 1.29 is 19.1 Å². The van der Waals surface area contributed by atoms with Crippen molar-refractivity contribution >= 4 is 17.8 Å². The first-order valence-corrected chi connectivity index (χ1v) is 11.2. The molecule has 1 aliphatic carbocycles. The molecule has 2 aliphatic rings. The van der Waals surface area contributed by atoms with Crippen molar-refractivity contribution in [2.24, 2.45) is 5.92 Å². The van der Waals surface area contributed by atoms with E-state index in [0.717, 1.165) is 37.7 Å². The molecule has 8 heteroatoms. The predicted molar refractivity (Wildman–Crippen MR) is 118 cm³/mol. The van der Waals surface area contributed by atoms with E-state index in [1.54, 1.807) is 7.05 Å². The number of hydrogen-bond donors (Lipinski definition) is 2. The lowest BCUT2D eigenvalue weighted by Crippen LogP contribution is -2.46. The van der Waals surface area contributed by atoms with Crippen molar-refractivity contribution in [2.75, 3.05) is 13.6 Å². The van der Waals surface area contributed by atoms with E-state index in [-0.39, 0.29) is 24.2 Å². The Labute approximate surface area is 187 Å². The molecule has 2 heterocycles. The maximum Gasteiger partial charge on any atom is 0.307 e. The van der Waals surface area contributed by atoms with Crippen LogP contribution < -0.4 is 10.6 Å². The van der Waals surface area contributed by atoms with Crippen molar-refractivity contribution in [1.82, 2.24) is 20.6 Å². The summed E-state index contributed by atoms with van der Waals surface area (Å²) in [4.78, 5) is 46.2. The van der Waals surface area contributed by atoms with Gasteiger partial charge in [0.25, 0.3) is 5.91 Å². The average Bonchev–Trinajstić information content (AvgIpc) is 3.14. The number of amides is 2. The lowest BCUT2D eigenvalue weighted by Gasteiger charge is -2.36. The molecule has 1 aliphatic heterocycles. The number of nitrogens with zero attached hydrogens (tertiary/aromatic N) is 2. The highest BCUT2D eigenvalue weighted by Crippen LogP contribution is 2.44. The second-order valence-corrected chi connectivity index (χ2v) is 8.40. The second-order valence-electron chi connectivity index (χ2n) is 8.40. The third-order valence-electron chi connectivity index (χ3n) is 6.37. The van der Waals surface area contributed by atoms with Crippen LogP contribution in [0.3, 0.4) is 0 Å². The van der Waals surface area contributed by atoms with Gasteiger partial charge in [-0.2, -0.15) is 0 Å². The molecule has 0 bridgehead atoms. The molecule has 8 nitrogen and oxygen atoms in total. The molecule has 1 saturated carbocycles. The lowest BCUT2D eigenvalue weighted by molar-refractivity contribution is -0.153. The molecule has 2 fully saturated rings. The molecule has 0 radical (unpaired) electrons. The summed E-state index contributed by atoms with van der Waals surface area (Å²) in [5.74, 6) is -0.676. The number of carbonyl (C=O) groups is 3. The number of aromatic nitrogens is 2. The fraction of sp³-hybridized carbons (Fsp3) is 0.458. The van der Waals surface area contributed by atoms with E-state index in [4.69, 9.17) is 4.74 Å². The summed E-state index contributed by atoms with van der Waals surface area (Å²) >= 11 is 0. The zero-order valence-corrected chi connectivity index (χ0v) is 18.2. The van der Waals surface area contributed by atoms with E-state index in [0.29, 0.717) is 30.0 Å². The molecule has 1 saturated heterocycles. The monoisotopic (exact) mass is 436 g/mol. The summed E-state index contributed by atoms with van der Waals surface area (Å²) in [6.45, 7) is 0.300. The van der Waals surface area contributed by atoms with Crippen LogP contribution in [0, 0.1) is 5.92 Å². The maximum absolute atomic E-state index is 13.0. The van der Waals surface area contributed by atoms with E-state index in [9.17, 15) is 14.4 Å². The molecule has 4 rings (SSSR count). The van der Waals surface area contributed by atoms with E-state index >= 15 is 0 Å². The summed E-state index contributed by atoms with van der Waals surface area (Å²) < 4.78 is 5.64. The Kier molecular flexibility index (Phi) is 6.48. The molecule has 2 amide bonds. The van der Waals surface area contributed by atoms with Crippen LogP contribution in [-0.4, -0.2) is 46.9 Å². The van der Waals surface area contributed by atoms with Gasteiger partial charge in [0.2, 0.25) is 5.91 Å². The quantitative estimate of drug-likeness (QED) is 0.673. The molecule has 1 atom stereocenters. The van der Waals surface area contributed by atoms with E-state index in [1.165, 1.54) is 6.20 Å². The number of hydrogen-bond acceptors (Lipinski definition) is 6. The standard InChI is InChI=1S/C24H28N4O4/c1-25-22(30)17-15-27-21(16-8-4-2-5-9-16)28-19(17)10-13-26-23(31)18-14-20(29)32-24(18)11-6-3-7-12-24/h2,4-5,8-9,15,18H,3,6-7,10-14H2,1H3,(H,25,30)(H,26,31)/t18-/m0/s1. The van der Waals surface area contributed by atoms with Crippen LogP contribution in [-0.2, 0) is 20.7 Å². The first kappa shape index (κ1) is 21.9. The molecule has 32 heavy (non-hydrogen) atoms. The minimum absolute atomic E-state index is 0.126. The van der Waals surface area contributed by atoms with Crippen LogP contribution in [0.15, 0.2) is 36.5 Å². The van der Waals surface area contributed by atoms with Gasteiger partial charge in [0.05, 0.1) is 23.6 Å². The number of esters is 1. The molecule has 168 valence electrons. The van der Waals surface area contributed by atoms with Gasteiger partial charge < -0.3 is 15.4 Å². The first-order chi connectivity index (χ1) is 15.5. The smallest absolute Gasteiger partial charge is 0.307 e. The molecular formula is C24H28N4O4. The number of carbonyl (C=O) groups excluding carboxylic acids is 3.